The van der Waals surface area contributed by atoms with Crippen molar-refractivity contribution in [3.05, 3.63) is 82.7 Å². The molecule has 1 aliphatic heterocycles. The van der Waals surface area contributed by atoms with Crippen LogP contribution in [-0.2, 0) is 6.42 Å². The molecule has 5 heteroatoms. The highest BCUT2D eigenvalue weighted by molar-refractivity contribution is 5.92. The second kappa shape index (κ2) is 7.60. The third kappa shape index (κ3) is 3.85. The van der Waals surface area contributed by atoms with Crippen LogP contribution in [0.3, 0.4) is 0 Å². The minimum atomic E-state index is -0.499. The van der Waals surface area contributed by atoms with Crippen molar-refractivity contribution in [3.8, 4) is 5.69 Å². The summed E-state index contributed by atoms with van der Waals surface area (Å²) in [5, 5.41) is 4.28. The molecular weight excluding hydrogens is 348 g/mol. The van der Waals surface area contributed by atoms with Gasteiger partial charge in [-0.15, -0.1) is 0 Å². The minimum absolute atomic E-state index is 0.317. The zero-order valence-electron chi connectivity index (χ0n) is 16.4. The van der Waals surface area contributed by atoms with E-state index < -0.39 is 5.91 Å². The van der Waals surface area contributed by atoms with Crippen LogP contribution in [0.4, 0.5) is 0 Å². The Bertz CT molecular complexity index is 973. The monoisotopic (exact) mass is 374 g/mol. The number of rotatable bonds is 5. The third-order valence-corrected chi connectivity index (χ3v) is 5.58. The van der Waals surface area contributed by atoms with Crippen LogP contribution in [0.25, 0.3) is 5.69 Å². The largest absolute Gasteiger partial charge is 0.364 e. The summed E-state index contributed by atoms with van der Waals surface area (Å²) in [4.78, 5) is 13.8. The SMILES string of the molecule is Cc1cn(-c2ccc(Cc3ccc(C4CCN(C)C4)cc3)cc2)nc1C(N)=O. The molecule has 1 aliphatic rings. The van der Waals surface area contributed by atoms with E-state index in [1.54, 1.807) is 4.68 Å². The van der Waals surface area contributed by atoms with Crippen molar-refractivity contribution in [3.63, 3.8) is 0 Å². The number of aromatic nitrogens is 2. The number of benzene rings is 2. The van der Waals surface area contributed by atoms with E-state index in [1.165, 1.54) is 29.7 Å². The predicted molar refractivity (Wildman–Crippen MR) is 111 cm³/mol. The molecule has 1 unspecified atom stereocenters. The molecule has 0 spiro atoms. The average molecular weight is 374 g/mol. The van der Waals surface area contributed by atoms with E-state index in [0.717, 1.165) is 24.2 Å². The average Bonchev–Trinajstić information content (AvgIpc) is 3.29. The molecule has 0 aliphatic carbocycles. The highest BCUT2D eigenvalue weighted by Crippen LogP contribution is 2.26. The van der Waals surface area contributed by atoms with E-state index >= 15 is 0 Å². The van der Waals surface area contributed by atoms with Gasteiger partial charge in [0.15, 0.2) is 5.69 Å². The molecule has 1 saturated heterocycles. The molecule has 0 saturated carbocycles. The Morgan fingerprint density at radius 1 is 1.11 bits per heavy atom. The zero-order valence-corrected chi connectivity index (χ0v) is 16.4. The first kappa shape index (κ1) is 18.4. The van der Waals surface area contributed by atoms with Crippen molar-refractivity contribution in [1.29, 1.82) is 0 Å². The Hall–Kier alpha value is -2.92. The van der Waals surface area contributed by atoms with Crippen LogP contribution >= 0.6 is 0 Å². The van der Waals surface area contributed by atoms with E-state index in [2.05, 4.69) is 53.4 Å². The van der Waals surface area contributed by atoms with Crippen LogP contribution in [0.15, 0.2) is 54.7 Å². The van der Waals surface area contributed by atoms with Gasteiger partial charge in [0.25, 0.3) is 5.91 Å². The lowest BCUT2D eigenvalue weighted by molar-refractivity contribution is 0.0994. The number of likely N-dealkylation sites (tertiary alicyclic amines) is 1. The second-order valence-corrected chi connectivity index (χ2v) is 7.80. The maximum Gasteiger partial charge on any atom is 0.269 e. The maximum atomic E-state index is 11.4. The van der Waals surface area contributed by atoms with Gasteiger partial charge in [-0.05, 0) is 68.1 Å². The van der Waals surface area contributed by atoms with Gasteiger partial charge in [-0.1, -0.05) is 36.4 Å². The summed E-state index contributed by atoms with van der Waals surface area (Å²) < 4.78 is 1.70. The number of nitrogens with zero attached hydrogens (tertiary/aromatic N) is 3. The van der Waals surface area contributed by atoms with Crippen molar-refractivity contribution in [2.24, 2.45) is 5.73 Å². The lowest BCUT2D eigenvalue weighted by atomic mass is 9.96. The fourth-order valence-corrected chi connectivity index (χ4v) is 3.95. The quantitative estimate of drug-likeness (QED) is 0.745. The smallest absolute Gasteiger partial charge is 0.269 e. The fraction of sp³-hybridized carbons (Fsp3) is 0.304. The molecule has 2 aromatic carbocycles. The number of hydrogen-bond donors (Lipinski definition) is 1. The highest BCUT2D eigenvalue weighted by atomic mass is 16.1. The number of amides is 1. The van der Waals surface area contributed by atoms with Gasteiger partial charge in [-0.3, -0.25) is 4.79 Å². The van der Waals surface area contributed by atoms with Crippen LogP contribution in [0.5, 0.6) is 0 Å². The molecule has 0 bridgehead atoms. The topological polar surface area (TPSA) is 64.2 Å². The Kier molecular flexibility index (Phi) is 5.01. The highest BCUT2D eigenvalue weighted by Gasteiger charge is 2.20. The van der Waals surface area contributed by atoms with Crippen LogP contribution in [-0.4, -0.2) is 40.7 Å². The van der Waals surface area contributed by atoms with Crippen molar-refractivity contribution in [2.45, 2.75) is 25.7 Å². The molecule has 28 heavy (non-hydrogen) atoms. The molecule has 3 aromatic rings. The number of carbonyl (C=O) groups excluding carboxylic acids is 1. The first-order chi connectivity index (χ1) is 13.5. The summed E-state index contributed by atoms with van der Waals surface area (Å²) in [6, 6.07) is 17.3. The molecule has 2 N–H and O–H groups in total. The van der Waals surface area contributed by atoms with E-state index in [4.69, 9.17) is 5.73 Å². The summed E-state index contributed by atoms with van der Waals surface area (Å²) in [6.45, 7) is 4.19. The van der Waals surface area contributed by atoms with Gasteiger partial charge in [0.1, 0.15) is 0 Å². The number of likely N-dealkylation sites (N-methyl/N-ethyl adjacent to an activating group) is 1. The van der Waals surface area contributed by atoms with Crippen LogP contribution in [0.2, 0.25) is 0 Å². The standard InChI is InChI=1S/C23H26N4O/c1-16-14-27(25-22(16)23(24)28)21-9-5-18(6-10-21)13-17-3-7-19(8-4-17)20-11-12-26(2)15-20/h3-10,14,20H,11-13,15H2,1-2H3,(H2,24,28). The Balaban J connectivity index is 1.44. The third-order valence-electron chi connectivity index (χ3n) is 5.58. The molecule has 1 fully saturated rings. The number of nitrogens with two attached hydrogens (primary N) is 1. The van der Waals surface area contributed by atoms with Crippen molar-refractivity contribution < 1.29 is 4.79 Å². The van der Waals surface area contributed by atoms with Gasteiger partial charge in [0.2, 0.25) is 0 Å². The maximum absolute atomic E-state index is 11.4. The van der Waals surface area contributed by atoms with E-state index in [-0.39, 0.29) is 0 Å². The Labute approximate surface area is 165 Å². The van der Waals surface area contributed by atoms with Crippen LogP contribution in [0, 0.1) is 6.92 Å². The van der Waals surface area contributed by atoms with Crippen LogP contribution < -0.4 is 5.73 Å². The van der Waals surface area contributed by atoms with Gasteiger partial charge < -0.3 is 10.6 Å². The van der Waals surface area contributed by atoms with Gasteiger partial charge in [0.05, 0.1) is 5.69 Å². The lowest BCUT2D eigenvalue weighted by Crippen LogP contribution is -2.13. The second-order valence-electron chi connectivity index (χ2n) is 7.80. The summed E-state index contributed by atoms with van der Waals surface area (Å²) in [7, 11) is 2.19. The Morgan fingerprint density at radius 2 is 1.75 bits per heavy atom. The lowest BCUT2D eigenvalue weighted by Gasteiger charge is -2.12. The van der Waals surface area contributed by atoms with Crippen molar-refractivity contribution in [2.75, 3.05) is 20.1 Å². The summed E-state index contributed by atoms with van der Waals surface area (Å²) in [6.07, 6.45) is 3.98. The zero-order chi connectivity index (χ0) is 19.7. The summed E-state index contributed by atoms with van der Waals surface area (Å²) in [5.74, 6) is 0.168. The molecule has 1 amide bonds. The molecule has 1 atom stereocenters. The first-order valence-corrected chi connectivity index (χ1v) is 9.72. The van der Waals surface area contributed by atoms with Crippen molar-refractivity contribution in [1.82, 2.24) is 14.7 Å². The van der Waals surface area contributed by atoms with Gasteiger partial charge in [-0.25, -0.2) is 4.68 Å². The van der Waals surface area contributed by atoms with Crippen LogP contribution in [0.1, 0.15) is 45.1 Å². The van der Waals surface area contributed by atoms with Crippen molar-refractivity contribution >= 4 is 5.91 Å². The fourth-order valence-electron chi connectivity index (χ4n) is 3.95. The normalized spacial score (nSPS) is 17.1. The predicted octanol–water partition coefficient (Wildman–Crippen LogP) is 3.29. The number of primary amides is 1. The molecule has 4 rings (SSSR count). The van der Waals surface area contributed by atoms with E-state index in [9.17, 15) is 4.79 Å². The molecular formula is C23H26N4O. The number of hydrogen-bond acceptors (Lipinski definition) is 3. The molecule has 144 valence electrons. The number of aryl methyl sites for hydroxylation is 1. The van der Waals surface area contributed by atoms with Gasteiger partial charge in [0, 0.05) is 18.3 Å². The molecule has 5 nitrogen and oxygen atoms in total. The Morgan fingerprint density at radius 3 is 2.29 bits per heavy atom. The van der Waals surface area contributed by atoms with Gasteiger partial charge >= 0.3 is 0 Å². The number of carbonyl (C=O) groups is 1. The van der Waals surface area contributed by atoms with E-state index in [1.807, 2.05) is 25.3 Å². The summed E-state index contributed by atoms with van der Waals surface area (Å²) >= 11 is 0. The van der Waals surface area contributed by atoms with E-state index in [0.29, 0.717) is 11.6 Å². The first-order valence-electron chi connectivity index (χ1n) is 9.72. The molecule has 2 heterocycles. The van der Waals surface area contributed by atoms with Gasteiger partial charge in [-0.2, -0.15) is 5.10 Å². The minimum Gasteiger partial charge on any atom is -0.364 e. The molecule has 1 aromatic heterocycles. The summed E-state index contributed by atoms with van der Waals surface area (Å²) in [5.41, 5.74) is 11.4. The molecule has 0 radical (unpaired) electrons.